The van der Waals surface area contributed by atoms with Crippen LogP contribution >= 0.6 is 0 Å². The van der Waals surface area contributed by atoms with E-state index in [1.807, 2.05) is 24.0 Å². The molecule has 0 saturated heterocycles. The normalized spacial score (nSPS) is 10.8. The summed E-state index contributed by atoms with van der Waals surface area (Å²) in [5.41, 5.74) is 11.2. The van der Waals surface area contributed by atoms with Crippen molar-refractivity contribution in [3.8, 4) is 5.69 Å². The first-order valence-electron chi connectivity index (χ1n) is 5.80. The zero-order chi connectivity index (χ0) is 12.4. The summed E-state index contributed by atoms with van der Waals surface area (Å²) in [6, 6.07) is 2.10. The van der Waals surface area contributed by atoms with E-state index in [0.29, 0.717) is 6.54 Å². The van der Waals surface area contributed by atoms with Gasteiger partial charge in [0.1, 0.15) is 0 Å². The molecule has 0 atom stereocenters. The SMILES string of the molecule is Cc1nn(-c2cncc(CCN)c2)c(C)c1C. The average molecular weight is 230 g/mol. The van der Waals surface area contributed by atoms with Crippen molar-refractivity contribution in [3.05, 3.63) is 41.0 Å². The summed E-state index contributed by atoms with van der Waals surface area (Å²) in [6.45, 7) is 6.83. The van der Waals surface area contributed by atoms with E-state index in [4.69, 9.17) is 5.73 Å². The predicted molar refractivity (Wildman–Crippen MR) is 68.3 cm³/mol. The van der Waals surface area contributed by atoms with Crippen LogP contribution in [0.5, 0.6) is 0 Å². The fourth-order valence-electron chi connectivity index (χ4n) is 1.87. The number of hydrogen-bond acceptors (Lipinski definition) is 3. The molecule has 2 rings (SSSR count). The van der Waals surface area contributed by atoms with Gasteiger partial charge >= 0.3 is 0 Å². The number of nitrogens with zero attached hydrogens (tertiary/aromatic N) is 3. The second-order valence-corrected chi connectivity index (χ2v) is 4.30. The third kappa shape index (κ3) is 2.22. The molecule has 0 fully saturated rings. The van der Waals surface area contributed by atoms with Crippen molar-refractivity contribution in [1.82, 2.24) is 14.8 Å². The first-order chi connectivity index (χ1) is 8.13. The molecular formula is C13H18N4. The molecule has 0 aliphatic heterocycles. The van der Waals surface area contributed by atoms with E-state index in [0.717, 1.165) is 29.1 Å². The summed E-state index contributed by atoms with van der Waals surface area (Å²) >= 11 is 0. The van der Waals surface area contributed by atoms with Crippen molar-refractivity contribution in [2.45, 2.75) is 27.2 Å². The molecule has 0 bridgehead atoms. The van der Waals surface area contributed by atoms with Gasteiger partial charge in [-0.1, -0.05) is 0 Å². The van der Waals surface area contributed by atoms with Crippen LogP contribution in [0.2, 0.25) is 0 Å². The lowest BCUT2D eigenvalue weighted by Gasteiger charge is -2.06. The van der Waals surface area contributed by atoms with Crippen LogP contribution in [0.15, 0.2) is 18.5 Å². The Bertz CT molecular complexity index is 528. The van der Waals surface area contributed by atoms with Gasteiger partial charge < -0.3 is 5.73 Å². The number of pyridine rings is 1. The highest BCUT2D eigenvalue weighted by molar-refractivity contribution is 5.36. The van der Waals surface area contributed by atoms with E-state index in [9.17, 15) is 0 Å². The standard InChI is InChI=1S/C13H18N4/c1-9-10(2)16-17(11(9)3)13-6-12(4-5-14)7-15-8-13/h6-8H,4-5,14H2,1-3H3. The Balaban J connectivity index is 2.45. The molecule has 2 aromatic rings. The molecule has 90 valence electrons. The van der Waals surface area contributed by atoms with Gasteiger partial charge in [0, 0.05) is 11.9 Å². The maximum atomic E-state index is 5.56. The third-order valence-corrected chi connectivity index (χ3v) is 3.11. The van der Waals surface area contributed by atoms with Crippen molar-refractivity contribution in [2.75, 3.05) is 6.54 Å². The summed E-state index contributed by atoms with van der Waals surface area (Å²) in [4.78, 5) is 4.24. The predicted octanol–water partition coefficient (Wildman–Crippen LogP) is 1.69. The molecular weight excluding hydrogens is 212 g/mol. The minimum absolute atomic E-state index is 0.640. The third-order valence-electron chi connectivity index (χ3n) is 3.11. The second-order valence-electron chi connectivity index (χ2n) is 4.30. The van der Waals surface area contributed by atoms with Gasteiger partial charge in [0.15, 0.2) is 0 Å². The Labute approximate surface area is 101 Å². The number of hydrogen-bond donors (Lipinski definition) is 1. The minimum Gasteiger partial charge on any atom is -0.330 e. The smallest absolute Gasteiger partial charge is 0.0834 e. The molecule has 0 amide bonds. The molecule has 4 nitrogen and oxygen atoms in total. The summed E-state index contributed by atoms with van der Waals surface area (Å²) in [5, 5.41) is 4.53. The molecule has 0 unspecified atom stereocenters. The quantitative estimate of drug-likeness (QED) is 0.873. The van der Waals surface area contributed by atoms with E-state index < -0.39 is 0 Å². The van der Waals surface area contributed by atoms with Gasteiger partial charge in [0.2, 0.25) is 0 Å². The zero-order valence-electron chi connectivity index (χ0n) is 10.6. The second kappa shape index (κ2) is 4.67. The summed E-state index contributed by atoms with van der Waals surface area (Å²) in [7, 11) is 0. The van der Waals surface area contributed by atoms with Gasteiger partial charge in [-0.05, 0) is 50.9 Å². The van der Waals surface area contributed by atoms with Gasteiger partial charge in [-0.3, -0.25) is 4.98 Å². The first-order valence-corrected chi connectivity index (χ1v) is 5.80. The number of aryl methyl sites for hydroxylation is 1. The van der Waals surface area contributed by atoms with E-state index in [1.54, 1.807) is 0 Å². The van der Waals surface area contributed by atoms with Crippen molar-refractivity contribution in [2.24, 2.45) is 5.73 Å². The van der Waals surface area contributed by atoms with E-state index >= 15 is 0 Å². The summed E-state index contributed by atoms with van der Waals surface area (Å²) in [6.07, 6.45) is 4.53. The highest BCUT2D eigenvalue weighted by Gasteiger charge is 2.09. The maximum Gasteiger partial charge on any atom is 0.0834 e. The van der Waals surface area contributed by atoms with Crippen LogP contribution < -0.4 is 5.73 Å². The van der Waals surface area contributed by atoms with Gasteiger partial charge in [0.25, 0.3) is 0 Å². The molecule has 0 aliphatic rings. The Morgan fingerprint density at radius 1 is 1.24 bits per heavy atom. The monoisotopic (exact) mass is 230 g/mol. The topological polar surface area (TPSA) is 56.7 Å². The molecule has 2 heterocycles. The first kappa shape index (κ1) is 11.8. The summed E-state index contributed by atoms with van der Waals surface area (Å²) in [5.74, 6) is 0. The van der Waals surface area contributed by atoms with Crippen molar-refractivity contribution >= 4 is 0 Å². The van der Waals surface area contributed by atoms with Crippen LogP contribution in [0, 0.1) is 20.8 Å². The van der Waals surface area contributed by atoms with Crippen molar-refractivity contribution in [1.29, 1.82) is 0 Å². The van der Waals surface area contributed by atoms with Crippen LogP contribution in [0.1, 0.15) is 22.5 Å². The highest BCUT2D eigenvalue weighted by Crippen LogP contribution is 2.16. The molecule has 2 N–H and O–H groups in total. The van der Waals surface area contributed by atoms with Crippen LogP contribution in [0.4, 0.5) is 0 Å². The molecule has 4 heteroatoms. The van der Waals surface area contributed by atoms with E-state index in [-0.39, 0.29) is 0 Å². The maximum absolute atomic E-state index is 5.56. The van der Waals surface area contributed by atoms with Crippen LogP contribution in [0.25, 0.3) is 5.69 Å². The number of aromatic nitrogens is 3. The highest BCUT2D eigenvalue weighted by atomic mass is 15.3. The molecule has 17 heavy (non-hydrogen) atoms. The summed E-state index contributed by atoms with van der Waals surface area (Å²) < 4.78 is 1.94. The van der Waals surface area contributed by atoms with Gasteiger partial charge in [-0.2, -0.15) is 5.10 Å². The Morgan fingerprint density at radius 2 is 2.00 bits per heavy atom. The van der Waals surface area contributed by atoms with E-state index in [2.05, 4.69) is 30.0 Å². The van der Waals surface area contributed by atoms with Crippen LogP contribution in [-0.2, 0) is 6.42 Å². The lowest BCUT2D eigenvalue weighted by molar-refractivity contribution is 0.822. The molecule has 0 radical (unpaired) electrons. The van der Waals surface area contributed by atoms with Gasteiger partial charge in [-0.25, -0.2) is 4.68 Å². The molecule has 0 aromatic carbocycles. The van der Waals surface area contributed by atoms with Crippen LogP contribution in [0.3, 0.4) is 0 Å². The largest absolute Gasteiger partial charge is 0.330 e. The number of rotatable bonds is 3. The lowest BCUT2D eigenvalue weighted by atomic mass is 10.2. The minimum atomic E-state index is 0.640. The molecule has 0 aliphatic carbocycles. The number of nitrogens with two attached hydrogens (primary N) is 1. The van der Waals surface area contributed by atoms with Crippen molar-refractivity contribution in [3.63, 3.8) is 0 Å². The zero-order valence-corrected chi connectivity index (χ0v) is 10.6. The molecule has 0 saturated carbocycles. The Morgan fingerprint density at radius 3 is 2.59 bits per heavy atom. The molecule has 2 aromatic heterocycles. The Hall–Kier alpha value is -1.68. The van der Waals surface area contributed by atoms with Gasteiger partial charge in [0.05, 0.1) is 17.6 Å². The average Bonchev–Trinajstić information content (AvgIpc) is 2.58. The van der Waals surface area contributed by atoms with Gasteiger partial charge in [-0.15, -0.1) is 0 Å². The van der Waals surface area contributed by atoms with Crippen molar-refractivity contribution < 1.29 is 0 Å². The fourth-order valence-corrected chi connectivity index (χ4v) is 1.87. The van der Waals surface area contributed by atoms with E-state index in [1.165, 1.54) is 5.56 Å². The van der Waals surface area contributed by atoms with Crippen LogP contribution in [-0.4, -0.2) is 21.3 Å². The lowest BCUT2D eigenvalue weighted by Crippen LogP contribution is -2.05. The molecule has 0 spiro atoms. The fraction of sp³-hybridized carbons (Fsp3) is 0.385. The Kier molecular flexibility index (Phi) is 3.24.